The maximum absolute atomic E-state index is 12.2. The first-order valence-corrected chi connectivity index (χ1v) is 8.06. The van der Waals surface area contributed by atoms with E-state index in [1.165, 1.54) is 16.7 Å². The van der Waals surface area contributed by atoms with E-state index in [2.05, 4.69) is 44.3 Å². The van der Waals surface area contributed by atoms with E-state index in [0.717, 1.165) is 17.7 Å². The molecule has 0 heterocycles. The summed E-state index contributed by atoms with van der Waals surface area (Å²) in [6.45, 7) is 8.24. The molecular weight excluding hydrogens is 286 g/mol. The molecule has 0 aliphatic carbocycles. The van der Waals surface area contributed by atoms with Crippen molar-refractivity contribution in [3.8, 4) is 5.75 Å². The van der Waals surface area contributed by atoms with Crippen molar-refractivity contribution < 1.29 is 9.53 Å². The lowest BCUT2D eigenvalue weighted by molar-refractivity contribution is -0.123. The Bertz CT molecular complexity index is 679. The average Bonchev–Trinajstić information content (AvgIpc) is 2.52. The van der Waals surface area contributed by atoms with E-state index in [4.69, 9.17) is 4.74 Å². The van der Waals surface area contributed by atoms with E-state index in [0.29, 0.717) is 0 Å². The van der Waals surface area contributed by atoms with Crippen LogP contribution in [0.3, 0.4) is 0 Å². The second-order valence-electron chi connectivity index (χ2n) is 5.94. The van der Waals surface area contributed by atoms with E-state index in [9.17, 15) is 4.79 Å². The molecule has 0 aliphatic heterocycles. The maximum atomic E-state index is 12.2. The third kappa shape index (κ3) is 4.59. The van der Waals surface area contributed by atoms with Gasteiger partial charge in [0.2, 0.25) is 0 Å². The number of ether oxygens (including phenoxy) is 1. The molecule has 0 bridgehead atoms. The van der Waals surface area contributed by atoms with Gasteiger partial charge in [0.1, 0.15) is 5.75 Å². The van der Waals surface area contributed by atoms with Crippen molar-refractivity contribution in [2.45, 2.75) is 40.2 Å². The zero-order chi connectivity index (χ0) is 16.8. The second kappa shape index (κ2) is 7.82. The molecule has 1 amide bonds. The number of carbonyl (C=O) groups is 1. The summed E-state index contributed by atoms with van der Waals surface area (Å²) in [6.07, 6.45) is 0.847. The fraction of sp³-hybridized carbons (Fsp3) is 0.350. The summed E-state index contributed by atoms with van der Waals surface area (Å²) in [6, 6.07) is 14.1. The van der Waals surface area contributed by atoms with Crippen LogP contribution < -0.4 is 10.1 Å². The molecule has 3 nitrogen and oxygen atoms in total. The Morgan fingerprint density at radius 2 is 1.83 bits per heavy atom. The van der Waals surface area contributed by atoms with Crippen molar-refractivity contribution in [1.82, 2.24) is 5.32 Å². The number of amides is 1. The van der Waals surface area contributed by atoms with Gasteiger partial charge in [-0.3, -0.25) is 4.79 Å². The fourth-order valence-electron chi connectivity index (χ4n) is 2.71. The van der Waals surface area contributed by atoms with Crippen LogP contribution in [-0.2, 0) is 4.79 Å². The second-order valence-corrected chi connectivity index (χ2v) is 5.94. The van der Waals surface area contributed by atoms with Gasteiger partial charge in [-0.05, 0) is 49.9 Å². The molecule has 0 radical (unpaired) electrons. The predicted octanol–water partition coefficient (Wildman–Crippen LogP) is 4.26. The maximum Gasteiger partial charge on any atom is 0.258 e. The standard InChI is InChI=1S/C20H25NO2/c1-5-18(17-11-10-14(2)12-16(17)4)21-20(22)13-23-19-9-7-6-8-15(19)3/h6-12,18H,5,13H2,1-4H3,(H,21,22). The summed E-state index contributed by atoms with van der Waals surface area (Å²) < 4.78 is 5.62. The zero-order valence-corrected chi connectivity index (χ0v) is 14.3. The van der Waals surface area contributed by atoms with E-state index in [1.54, 1.807) is 0 Å². The number of carbonyl (C=O) groups excluding carboxylic acids is 1. The Morgan fingerprint density at radius 3 is 2.48 bits per heavy atom. The average molecular weight is 311 g/mol. The van der Waals surface area contributed by atoms with Gasteiger partial charge < -0.3 is 10.1 Å². The van der Waals surface area contributed by atoms with E-state index in [1.807, 2.05) is 31.2 Å². The summed E-state index contributed by atoms with van der Waals surface area (Å²) in [4.78, 5) is 12.2. The molecular formula is C20H25NO2. The lowest BCUT2D eigenvalue weighted by Crippen LogP contribution is -2.32. The molecule has 122 valence electrons. The van der Waals surface area contributed by atoms with Crippen molar-refractivity contribution in [2.24, 2.45) is 0 Å². The Hall–Kier alpha value is -2.29. The molecule has 0 aliphatic rings. The smallest absolute Gasteiger partial charge is 0.258 e. The first-order chi connectivity index (χ1) is 11.0. The number of hydrogen-bond acceptors (Lipinski definition) is 2. The number of nitrogens with one attached hydrogen (secondary N) is 1. The van der Waals surface area contributed by atoms with E-state index in [-0.39, 0.29) is 18.6 Å². The molecule has 23 heavy (non-hydrogen) atoms. The van der Waals surface area contributed by atoms with Crippen LogP contribution in [0.2, 0.25) is 0 Å². The van der Waals surface area contributed by atoms with Gasteiger partial charge in [0.15, 0.2) is 6.61 Å². The molecule has 3 heteroatoms. The van der Waals surface area contributed by atoms with Crippen LogP contribution in [0.15, 0.2) is 42.5 Å². The number of rotatable bonds is 6. The van der Waals surface area contributed by atoms with Gasteiger partial charge in [0.25, 0.3) is 5.91 Å². The molecule has 0 spiro atoms. The SMILES string of the molecule is CCC(NC(=O)COc1ccccc1C)c1ccc(C)cc1C. The Balaban J connectivity index is 1.98. The number of benzene rings is 2. The highest BCUT2D eigenvalue weighted by molar-refractivity contribution is 5.78. The summed E-state index contributed by atoms with van der Waals surface area (Å²) >= 11 is 0. The van der Waals surface area contributed by atoms with Gasteiger partial charge in [0.05, 0.1) is 6.04 Å². The quantitative estimate of drug-likeness (QED) is 0.865. The van der Waals surface area contributed by atoms with Gasteiger partial charge >= 0.3 is 0 Å². The zero-order valence-electron chi connectivity index (χ0n) is 14.3. The van der Waals surface area contributed by atoms with Crippen LogP contribution in [0.25, 0.3) is 0 Å². The third-order valence-electron chi connectivity index (χ3n) is 4.00. The van der Waals surface area contributed by atoms with Gasteiger partial charge in [-0.1, -0.05) is 48.9 Å². The van der Waals surface area contributed by atoms with Gasteiger partial charge in [-0.2, -0.15) is 0 Å². The predicted molar refractivity (Wildman–Crippen MR) is 93.8 cm³/mol. The minimum absolute atomic E-state index is 0.0172. The number of para-hydroxylation sites is 1. The number of hydrogen-bond donors (Lipinski definition) is 1. The first kappa shape index (κ1) is 17.1. The highest BCUT2D eigenvalue weighted by Crippen LogP contribution is 2.22. The van der Waals surface area contributed by atoms with Crippen LogP contribution in [0.4, 0.5) is 0 Å². The summed E-state index contributed by atoms with van der Waals surface area (Å²) in [5.41, 5.74) is 4.64. The minimum Gasteiger partial charge on any atom is -0.484 e. The molecule has 2 aromatic rings. The molecule has 0 saturated heterocycles. The highest BCUT2D eigenvalue weighted by Gasteiger charge is 2.15. The monoisotopic (exact) mass is 311 g/mol. The minimum atomic E-state index is -0.0971. The molecule has 0 saturated carbocycles. The summed E-state index contributed by atoms with van der Waals surface area (Å²) in [5.74, 6) is 0.655. The summed E-state index contributed by atoms with van der Waals surface area (Å²) in [5, 5.41) is 3.07. The topological polar surface area (TPSA) is 38.3 Å². The largest absolute Gasteiger partial charge is 0.484 e. The van der Waals surface area contributed by atoms with Gasteiger partial charge in [-0.15, -0.1) is 0 Å². The molecule has 1 unspecified atom stereocenters. The van der Waals surface area contributed by atoms with Crippen LogP contribution in [0, 0.1) is 20.8 Å². The van der Waals surface area contributed by atoms with Crippen molar-refractivity contribution in [1.29, 1.82) is 0 Å². The van der Waals surface area contributed by atoms with E-state index < -0.39 is 0 Å². The van der Waals surface area contributed by atoms with Gasteiger partial charge in [0, 0.05) is 0 Å². The molecule has 0 aromatic heterocycles. The van der Waals surface area contributed by atoms with E-state index >= 15 is 0 Å². The number of aryl methyl sites for hydroxylation is 3. The molecule has 2 aromatic carbocycles. The third-order valence-corrected chi connectivity index (χ3v) is 4.00. The van der Waals surface area contributed by atoms with Gasteiger partial charge in [-0.25, -0.2) is 0 Å². The molecule has 2 rings (SSSR count). The van der Waals surface area contributed by atoms with Crippen LogP contribution in [-0.4, -0.2) is 12.5 Å². The molecule has 1 N–H and O–H groups in total. The molecule has 0 fully saturated rings. The van der Waals surface area contributed by atoms with Crippen LogP contribution in [0.1, 0.15) is 41.6 Å². The Kier molecular flexibility index (Phi) is 5.80. The van der Waals surface area contributed by atoms with Crippen molar-refractivity contribution in [3.05, 3.63) is 64.7 Å². The van der Waals surface area contributed by atoms with Crippen LogP contribution in [0.5, 0.6) is 5.75 Å². The molecule has 1 atom stereocenters. The van der Waals surface area contributed by atoms with Crippen molar-refractivity contribution in [2.75, 3.05) is 6.61 Å². The first-order valence-electron chi connectivity index (χ1n) is 8.06. The fourth-order valence-corrected chi connectivity index (χ4v) is 2.71. The Morgan fingerprint density at radius 1 is 1.09 bits per heavy atom. The summed E-state index contributed by atoms with van der Waals surface area (Å²) in [7, 11) is 0. The lowest BCUT2D eigenvalue weighted by atomic mass is 9.97. The van der Waals surface area contributed by atoms with Crippen molar-refractivity contribution >= 4 is 5.91 Å². The van der Waals surface area contributed by atoms with Crippen molar-refractivity contribution in [3.63, 3.8) is 0 Å². The highest BCUT2D eigenvalue weighted by atomic mass is 16.5. The lowest BCUT2D eigenvalue weighted by Gasteiger charge is -2.20. The Labute approximate surface area is 138 Å². The van der Waals surface area contributed by atoms with Crippen LogP contribution >= 0.6 is 0 Å². The normalized spacial score (nSPS) is 11.8.